The molecule has 5 heteroatoms. The minimum absolute atomic E-state index is 0.264. The van der Waals surface area contributed by atoms with Gasteiger partial charge in [0.05, 0.1) is 16.6 Å². The van der Waals surface area contributed by atoms with Crippen molar-refractivity contribution >= 4 is 22.6 Å². The topological polar surface area (TPSA) is 52.0 Å². The Bertz CT molecular complexity index is 783. The largest absolute Gasteiger partial charge is 0.356 e. The Labute approximate surface area is 120 Å². The van der Waals surface area contributed by atoms with Gasteiger partial charge in [0.25, 0.3) is 0 Å². The summed E-state index contributed by atoms with van der Waals surface area (Å²) < 4.78 is 18.8. The van der Waals surface area contributed by atoms with Gasteiger partial charge < -0.3 is 10.3 Å². The lowest BCUT2D eigenvalue weighted by Crippen LogP contribution is -2.07. The number of halogens is 2. The molecule has 1 aromatic heterocycles. The second-order valence-corrected chi connectivity index (χ2v) is 5.10. The molecule has 2 N–H and O–H groups in total. The van der Waals surface area contributed by atoms with Crippen LogP contribution in [0, 0.1) is 5.82 Å². The maximum atomic E-state index is 13.5. The standard InChI is InChI=1S/C15H12ClFN2O/c1-8(18)11-6-13(16)12-7-19-20-15(12)14(11)9-3-2-4-10(17)5-9/h2-8H,18H2,1H3. The van der Waals surface area contributed by atoms with Gasteiger partial charge in [0.15, 0.2) is 5.58 Å². The molecule has 0 amide bonds. The number of rotatable bonds is 2. The molecule has 1 atom stereocenters. The summed E-state index contributed by atoms with van der Waals surface area (Å²) in [5, 5.41) is 4.99. The van der Waals surface area contributed by atoms with Crippen molar-refractivity contribution in [3.63, 3.8) is 0 Å². The Balaban J connectivity index is 2.40. The average molecular weight is 291 g/mol. The van der Waals surface area contributed by atoms with Crippen LogP contribution < -0.4 is 5.73 Å². The number of hydrogen-bond acceptors (Lipinski definition) is 3. The molecule has 0 fully saturated rings. The van der Waals surface area contributed by atoms with Crippen molar-refractivity contribution in [2.75, 3.05) is 0 Å². The molecule has 3 nitrogen and oxygen atoms in total. The van der Waals surface area contributed by atoms with E-state index in [9.17, 15) is 4.39 Å². The van der Waals surface area contributed by atoms with E-state index in [1.54, 1.807) is 24.4 Å². The minimum Gasteiger partial charge on any atom is -0.356 e. The average Bonchev–Trinajstić information content (AvgIpc) is 2.88. The third kappa shape index (κ3) is 2.07. The van der Waals surface area contributed by atoms with Crippen LogP contribution in [0.1, 0.15) is 18.5 Å². The monoisotopic (exact) mass is 290 g/mol. The molecule has 1 heterocycles. The first-order chi connectivity index (χ1) is 9.58. The molecular formula is C15H12ClFN2O. The summed E-state index contributed by atoms with van der Waals surface area (Å²) in [7, 11) is 0. The summed E-state index contributed by atoms with van der Waals surface area (Å²) in [6.45, 7) is 1.84. The van der Waals surface area contributed by atoms with Gasteiger partial charge in [0.1, 0.15) is 5.82 Å². The third-order valence-electron chi connectivity index (χ3n) is 3.23. The Morgan fingerprint density at radius 3 is 2.85 bits per heavy atom. The zero-order chi connectivity index (χ0) is 14.3. The van der Waals surface area contributed by atoms with Gasteiger partial charge in [0.2, 0.25) is 0 Å². The number of hydrogen-bond donors (Lipinski definition) is 1. The molecule has 0 radical (unpaired) electrons. The van der Waals surface area contributed by atoms with Gasteiger partial charge in [-0.05, 0) is 36.2 Å². The van der Waals surface area contributed by atoms with Crippen LogP contribution in [0.4, 0.5) is 4.39 Å². The smallest absolute Gasteiger partial charge is 0.176 e. The lowest BCUT2D eigenvalue weighted by Gasteiger charge is -2.14. The zero-order valence-electron chi connectivity index (χ0n) is 10.7. The van der Waals surface area contributed by atoms with Crippen molar-refractivity contribution in [2.45, 2.75) is 13.0 Å². The molecule has 0 saturated carbocycles. The van der Waals surface area contributed by atoms with E-state index in [0.717, 1.165) is 11.1 Å². The van der Waals surface area contributed by atoms with Gasteiger partial charge in [-0.2, -0.15) is 0 Å². The normalized spacial score (nSPS) is 12.8. The molecule has 1 unspecified atom stereocenters. The van der Waals surface area contributed by atoms with Crippen LogP contribution in [0.3, 0.4) is 0 Å². The highest BCUT2D eigenvalue weighted by atomic mass is 35.5. The highest BCUT2D eigenvalue weighted by Gasteiger charge is 2.19. The van der Waals surface area contributed by atoms with Crippen LogP contribution in [0.2, 0.25) is 5.02 Å². The molecule has 2 aromatic carbocycles. The second-order valence-electron chi connectivity index (χ2n) is 4.69. The van der Waals surface area contributed by atoms with Crippen molar-refractivity contribution < 1.29 is 8.91 Å². The van der Waals surface area contributed by atoms with Gasteiger partial charge in [0, 0.05) is 11.6 Å². The van der Waals surface area contributed by atoms with Gasteiger partial charge >= 0.3 is 0 Å². The number of benzene rings is 2. The van der Waals surface area contributed by atoms with E-state index in [2.05, 4.69) is 5.16 Å². The van der Waals surface area contributed by atoms with Crippen molar-refractivity contribution in [1.82, 2.24) is 5.16 Å². The lowest BCUT2D eigenvalue weighted by atomic mass is 9.94. The lowest BCUT2D eigenvalue weighted by molar-refractivity contribution is 0.457. The summed E-state index contributed by atoms with van der Waals surface area (Å²) in [4.78, 5) is 0. The first-order valence-corrected chi connectivity index (χ1v) is 6.54. The molecule has 0 aliphatic carbocycles. The van der Waals surface area contributed by atoms with Crippen molar-refractivity contribution in [2.24, 2.45) is 5.73 Å². The Morgan fingerprint density at radius 2 is 2.15 bits per heavy atom. The maximum absolute atomic E-state index is 13.5. The summed E-state index contributed by atoms with van der Waals surface area (Å²) in [5.74, 6) is -0.319. The Hall–Kier alpha value is -1.91. The zero-order valence-corrected chi connectivity index (χ0v) is 11.5. The first kappa shape index (κ1) is 13.1. The van der Waals surface area contributed by atoms with Gasteiger partial charge in [-0.1, -0.05) is 28.9 Å². The molecule has 3 aromatic rings. The van der Waals surface area contributed by atoms with E-state index in [0.29, 0.717) is 21.6 Å². The van der Waals surface area contributed by atoms with E-state index in [4.69, 9.17) is 21.9 Å². The number of aromatic nitrogens is 1. The molecule has 3 rings (SSSR count). The van der Waals surface area contributed by atoms with Crippen LogP contribution in [0.5, 0.6) is 0 Å². The number of nitrogens with two attached hydrogens (primary N) is 1. The Kier molecular flexibility index (Phi) is 3.20. The molecule has 0 aliphatic rings. The fourth-order valence-electron chi connectivity index (χ4n) is 2.31. The molecular weight excluding hydrogens is 279 g/mol. The second kappa shape index (κ2) is 4.89. The maximum Gasteiger partial charge on any atom is 0.176 e. The van der Waals surface area contributed by atoms with E-state index in [-0.39, 0.29) is 11.9 Å². The predicted octanol–water partition coefficient (Wildman–Crippen LogP) is 4.31. The van der Waals surface area contributed by atoms with Crippen molar-refractivity contribution in [1.29, 1.82) is 0 Å². The van der Waals surface area contributed by atoms with Crippen molar-refractivity contribution in [3.8, 4) is 11.1 Å². The van der Waals surface area contributed by atoms with Crippen LogP contribution in [0.15, 0.2) is 41.1 Å². The molecule has 0 saturated heterocycles. The van der Waals surface area contributed by atoms with Gasteiger partial charge in [-0.15, -0.1) is 0 Å². The summed E-state index contributed by atoms with van der Waals surface area (Å²) >= 11 is 6.21. The van der Waals surface area contributed by atoms with Crippen LogP contribution in [0.25, 0.3) is 22.1 Å². The van der Waals surface area contributed by atoms with Crippen molar-refractivity contribution in [3.05, 3.63) is 52.9 Å². The summed E-state index contributed by atoms with van der Waals surface area (Å²) in [6.07, 6.45) is 1.55. The quantitative estimate of drug-likeness (QED) is 0.765. The van der Waals surface area contributed by atoms with E-state index in [1.807, 2.05) is 6.92 Å². The van der Waals surface area contributed by atoms with Crippen LogP contribution in [-0.4, -0.2) is 5.16 Å². The first-order valence-electron chi connectivity index (χ1n) is 6.16. The number of nitrogens with zero attached hydrogens (tertiary/aromatic N) is 1. The van der Waals surface area contributed by atoms with Gasteiger partial charge in [-0.25, -0.2) is 4.39 Å². The third-order valence-corrected chi connectivity index (χ3v) is 3.54. The molecule has 20 heavy (non-hydrogen) atoms. The van der Waals surface area contributed by atoms with Crippen LogP contribution >= 0.6 is 11.6 Å². The minimum atomic E-state index is -0.319. The highest BCUT2D eigenvalue weighted by molar-refractivity contribution is 6.35. The summed E-state index contributed by atoms with van der Waals surface area (Å²) in [5.41, 5.74) is 8.75. The summed E-state index contributed by atoms with van der Waals surface area (Å²) in [6, 6.07) is 7.80. The van der Waals surface area contributed by atoms with E-state index in [1.165, 1.54) is 12.1 Å². The predicted molar refractivity (Wildman–Crippen MR) is 77.0 cm³/mol. The SMILES string of the molecule is CC(N)c1cc(Cl)c2cnoc2c1-c1cccc(F)c1. The molecule has 0 spiro atoms. The molecule has 0 bridgehead atoms. The highest BCUT2D eigenvalue weighted by Crippen LogP contribution is 2.38. The van der Waals surface area contributed by atoms with Gasteiger partial charge in [-0.3, -0.25) is 0 Å². The molecule has 0 aliphatic heterocycles. The fourth-order valence-corrected chi connectivity index (χ4v) is 2.56. The molecule has 102 valence electrons. The number of fused-ring (bicyclic) bond motifs is 1. The Morgan fingerprint density at radius 1 is 1.35 bits per heavy atom. The van der Waals surface area contributed by atoms with E-state index >= 15 is 0 Å². The fraction of sp³-hybridized carbons (Fsp3) is 0.133. The van der Waals surface area contributed by atoms with E-state index < -0.39 is 0 Å². The van der Waals surface area contributed by atoms with Crippen LogP contribution in [-0.2, 0) is 0 Å².